The molecule has 34 heavy (non-hydrogen) atoms. The second-order valence-electron chi connectivity index (χ2n) is 9.22. The van der Waals surface area contributed by atoms with Crippen molar-refractivity contribution in [3.05, 3.63) is 63.8 Å². The van der Waals surface area contributed by atoms with Crippen molar-refractivity contribution in [3.63, 3.8) is 0 Å². The molecule has 1 N–H and O–H groups in total. The molecule has 3 aliphatic carbocycles. The largest absolute Gasteiger partial charge is 0.507 e. The van der Waals surface area contributed by atoms with E-state index in [0.29, 0.717) is 38.3 Å². The number of aromatic hydroxyl groups is 1. The van der Waals surface area contributed by atoms with Crippen LogP contribution in [-0.4, -0.2) is 46.6 Å². The number of fused-ring (bicyclic) bond motifs is 3. The Balaban J connectivity index is 1.70. The average Bonchev–Trinajstić information content (AvgIpc) is 3.07. The van der Waals surface area contributed by atoms with Gasteiger partial charge < -0.3 is 9.84 Å². The number of hydrogen-bond acceptors (Lipinski definition) is 7. The number of hydrogen-bond donors (Lipinski definition) is 1. The zero-order chi connectivity index (χ0) is 24.5. The number of nitrogens with zero attached hydrogens (tertiary/aromatic N) is 1. The van der Waals surface area contributed by atoms with E-state index in [1.165, 1.54) is 6.08 Å². The molecular weight excluding hydrogens is 438 g/mol. The van der Waals surface area contributed by atoms with E-state index in [0.717, 1.165) is 7.11 Å². The molecule has 3 amide bonds. The number of ketones is 2. The number of likely N-dealkylation sites (tertiary alicyclic amines) is 1. The summed E-state index contributed by atoms with van der Waals surface area (Å²) in [7, 11) is 1.10. The van der Waals surface area contributed by atoms with Gasteiger partial charge in [-0.1, -0.05) is 29.8 Å². The summed E-state index contributed by atoms with van der Waals surface area (Å²) in [5.74, 6) is -4.76. The Morgan fingerprint density at radius 3 is 2.53 bits per heavy atom. The number of rotatable bonds is 1. The lowest BCUT2D eigenvalue weighted by atomic mass is 9.59. The number of imide groups is 3. The number of phenols is 1. The van der Waals surface area contributed by atoms with Gasteiger partial charge in [0.25, 0.3) is 0 Å². The summed E-state index contributed by atoms with van der Waals surface area (Å²) in [6, 6.07) is 5.21. The average molecular weight is 461 g/mol. The summed E-state index contributed by atoms with van der Waals surface area (Å²) >= 11 is 0. The van der Waals surface area contributed by atoms with Crippen molar-refractivity contribution in [3.8, 4) is 5.75 Å². The quantitative estimate of drug-likeness (QED) is 0.388. The molecule has 1 aliphatic heterocycles. The number of amides is 3. The number of ether oxygens (including phenoxy) is 1. The van der Waals surface area contributed by atoms with Crippen molar-refractivity contribution >= 4 is 29.5 Å². The summed E-state index contributed by atoms with van der Waals surface area (Å²) in [6.07, 6.45) is 2.43. The van der Waals surface area contributed by atoms with Gasteiger partial charge in [0.05, 0.1) is 18.9 Å². The molecule has 5 rings (SSSR count). The van der Waals surface area contributed by atoms with Crippen molar-refractivity contribution in [2.24, 2.45) is 17.8 Å². The number of allylic oxidation sites excluding steroid dienone is 6. The second-order valence-corrected chi connectivity index (χ2v) is 9.22. The van der Waals surface area contributed by atoms with E-state index in [1.54, 1.807) is 32.0 Å². The molecule has 0 saturated carbocycles. The van der Waals surface area contributed by atoms with Gasteiger partial charge in [0.1, 0.15) is 5.75 Å². The molecule has 0 spiro atoms. The number of carbonyl (C=O) groups excluding carboxylic acids is 5. The SMILES string of the molecule is COC(=O)N1C(=O)C2CC=C3C(c4cccc(C)c4O)C4=C(CC3C2C1=O)C(=O)C(C)=CC4=O. The number of aryl methyl sites for hydroxylation is 1. The van der Waals surface area contributed by atoms with Gasteiger partial charge in [-0.25, -0.2) is 4.79 Å². The van der Waals surface area contributed by atoms with E-state index in [1.807, 2.05) is 6.08 Å². The van der Waals surface area contributed by atoms with Crippen molar-refractivity contribution in [2.75, 3.05) is 7.11 Å². The maximum atomic E-state index is 13.3. The maximum absolute atomic E-state index is 13.3. The summed E-state index contributed by atoms with van der Waals surface area (Å²) in [5, 5.41) is 10.9. The van der Waals surface area contributed by atoms with Crippen LogP contribution in [0.2, 0.25) is 0 Å². The number of para-hydroxylation sites is 1. The fourth-order valence-corrected chi connectivity index (χ4v) is 5.92. The normalized spacial score (nSPS) is 28.3. The molecule has 1 aromatic carbocycles. The van der Waals surface area contributed by atoms with E-state index in [4.69, 9.17) is 0 Å². The molecule has 4 unspecified atom stereocenters. The third-order valence-corrected chi connectivity index (χ3v) is 7.50. The minimum absolute atomic E-state index is 0.0135. The molecule has 4 atom stereocenters. The molecule has 0 bridgehead atoms. The van der Waals surface area contributed by atoms with Crippen LogP contribution in [0.4, 0.5) is 4.79 Å². The van der Waals surface area contributed by atoms with Crippen LogP contribution in [0.25, 0.3) is 0 Å². The van der Waals surface area contributed by atoms with Gasteiger partial charge in [-0.15, -0.1) is 0 Å². The van der Waals surface area contributed by atoms with Crippen LogP contribution < -0.4 is 0 Å². The molecule has 1 fully saturated rings. The van der Waals surface area contributed by atoms with Gasteiger partial charge in [0, 0.05) is 28.2 Å². The smallest absolute Gasteiger partial charge is 0.423 e. The van der Waals surface area contributed by atoms with E-state index >= 15 is 0 Å². The van der Waals surface area contributed by atoms with Gasteiger partial charge >= 0.3 is 6.09 Å². The van der Waals surface area contributed by atoms with E-state index in [9.17, 15) is 29.1 Å². The minimum Gasteiger partial charge on any atom is -0.507 e. The maximum Gasteiger partial charge on any atom is 0.423 e. The molecule has 4 aliphatic rings. The van der Waals surface area contributed by atoms with E-state index < -0.39 is 41.6 Å². The predicted molar refractivity (Wildman–Crippen MR) is 118 cm³/mol. The highest BCUT2D eigenvalue weighted by atomic mass is 16.5. The molecule has 1 saturated heterocycles. The lowest BCUT2D eigenvalue weighted by Crippen LogP contribution is -2.40. The molecule has 8 nitrogen and oxygen atoms in total. The van der Waals surface area contributed by atoms with Gasteiger partial charge in [-0.3, -0.25) is 19.2 Å². The Morgan fingerprint density at radius 1 is 1.09 bits per heavy atom. The lowest BCUT2D eigenvalue weighted by Gasteiger charge is -2.42. The first kappa shape index (κ1) is 22.0. The monoisotopic (exact) mass is 461 g/mol. The Kier molecular flexibility index (Phi) is 4.93. The van der Waals surface area contributed by atoms with Crippen molar-refractivity contribution < 1.29 is 33.8 Å². The van der Waals surface area contributed by atoms with Crippen molar-refractivity contribution in [1.82, 2.24) is 4.90 Å². The first-order valence-corrected chi connectivity index (χ1v) is 11.1. The number of Topliss-reactive ketones (excluding diaryl/α,β-unsaturated/α-hetero) is 1. The molecule has 8 heteroatoms. The molecule has 0 radical (unpaired) electrons. The highest BCUT2D eigenvalue weighted by molar-refractivity contribution is 6.24. The summed E-state index contributed by atoms with van der Waals surface area (Å²) in [6.45, 7) is 3.31. The molecule has 0 aromatic heterocycles. The first-order valence-electron chi connectivity index (χ1n) is 11.1. The Morgan fingerprint density at radius 2 is 1.82 bits per heavy atom. The number of carbonyl (C=O) groups is 5. The summed E-state index contributed by atoms with van der Waals surface area (Å²) in [5.41, 5.74) is 2.71. The van der Waals surface area contributed by atoms with Crippen LogP contribution in [0.3, 0.4) is 0 Å². The van der Waals surface area contributed by atoms with Crippen LogP contribution in [-0.2, 0) is 23.9 Å². The minimum atomic E-state index is -1.03. The van der Waals surface area contributed by atoms with E-state index in [-0.39, 0.29) is 30.2 Å². The predicted octanol–water partition coefficient (Wildman–Crippen LogP) is 2.90. The van der Waals surface area contributed by atoms with Gasteiger partial charge in [0.15, 0.2) is 11.6 Å². The van der Waals surface area contributed by atoms with Crippen LogP contribution in [0.5, 0.6) is 5.75 Å². The Bertz CT molecular complexity index is 1300. The first-order chi connectivity index (χ1) is 16.2. The third-order valence-electron chi connectivity index (χ3n) is 7.50. The highest BCUT2D eigenvalue weighted by Gasteiger charge is 2.58. The van der Waals surface area contributed by atoms with Crippen molar-refractivity contribution in [1.29, 1.82) is 0 Å². The van der Waals surface area contributed by atoms with Crippen LogP contribution in [0.1, 0.15) is 36.8 Å². The summed E-state index contributed by atoms with van der Waals surface area (Å²) in [4.78, 5) is 65.3. The molecular formula is C26H23NO7. The second kappa shape index (κ2) is 7.62. The topological polar surface area (TPSA) is 118 Å². The summed E-state index contributed by atoms with van der Waals surface area (Å²) < 4.78 is 4.65. The van der Waals surface area contributed by atoms with Crippen LogP contribution in [0, 0.1) is 24.7 Å². The number of phenolic OH excluding ortho intramolecular Hbond substituents is 1. The zero-order valence-electron chi connectivity index (χ0n) is 19.0. The number of methoxy groups -OCH3 is 1. The number of benzene rings is 1. The molecule has 1 aromatic rings. The fourth-order valence-electron chi connectivity index (χ4n) is 5.92. The van der Waals surface area contributed by atoms with Crippen LogP contribution >= 0.6 is 0 Å². The van der Waals surface area contributed by atoms with Gasteiger partial charge in [0.2, 0.25) is 11.8 Å². The van der Waals surface area contributed by atoms with Crippen molar-refractivity contribution in [2.45, 2.75) is 32.6 Å². The van der Waals surface area contributed by atoms with Gasteiger partial charge in [-0.2, -0.15) is 4.90 Å². The molecule has 174 valence electrons. The van der Waals surface area contributed by atoms with Gasteiger partial charge in [-0.05, 0) is 44.2 Å². The standard InChI is InChI=1S/C26H23NO7/c1-11-5-4-6-14(22(11)29)19-13-7-8-15-20(25(32)27(24(15)31)26(33)34-3)16(13)10-17-21(19)18(28)9-12(2)23(17)30/h4-7,9,15-16,19-20,29H,8,10H2,1-3H3. The Hall–Kier alpha value is -3.81. The molecule has 1 heterocycles. The van der Waals surface area contributed by atoms with Crippen LogP contribution in [0.15, 0.2) is 52.6 Å². The fraction of sp³-hybridized carbons (Fsp3) is 0.346. The third kappa shape index (κ3) is 2.87. The van der Waals surface area contributed by atoms with E-state index in [2.05, 4.69) is 4.74 Å². The lowest BCUT2D eigenvalue weighted by molar-refractivity contribution is -0.137. The zero-order valence-corrected chi connectivity index (χ0v) is 19.0. The Labute approximate surface area is 195 Å². The highest BCUT2D eigenvalue weighted by Crippen LogP contribution is 2.56.